The fraction of sp³-hybridized carbons (Fsp3) is 0.0588. The molecule has 2 amide bonds. The van der Waals surface area contributed by atoms with Gasteiger partial charge in [0.2, 0.25) is 9.84 Å². The topological polar surface area (TPSA) is 113 Å². The van der Waals surface area contributed by atoms with E-state index >= 15 is 0 Å². The Bertz CT molecular complexity index is 933. The maximum atomic E-state index is 12.4. The van der Waals surface area contributed by atoms with Gasteiger partial charge in [-0.05, 0) is 55.4 Å². The van der Waals surface area contributed by atoms with Crippen LogP contribution in [0, 0.1) is 0 Å². The molecular weight excluding hydrogens is 354 g/mol. The van der Waals surface area contributed by atoms with Gasteiger partial charge in [-0.3, -0.25) is 15.0 Å². The normalized spacial score (nSPS) is 11.5. The number of nitrogens with zero attached hydrogens (tertiary/aromatic N) is 3. The first-order chi connectivity index (χ1) is 12.5. The van der Waals surface area contributed by atoms with Crippen molar-refractivity contribution in [2.45, 2.75) is 11.4 Å². The van der Waals surface area contributed by atoms with Crippen LogP contribution >= 0.6 is 0 Å². The molecule has 0 aliphatic rings. The van der Waals surface area contributed by atoms with Crippen molar-refractivity contribution < 1.29 is 16.1 Å². The molecule has 0 saturated carbocycles. The SMILES string of the molecule is C=N/C=C(\N=C)S(=O)(=O)c1ccc(NC(=O)NCc2ccncc2)cc1.[HH].[HH]. The Morgan fingerprint density at radius 2 is 1.81 bits per heavy atom. The van der Waals surface area contributed by atoms with Crippen molar-refractivity contribution in [3.8, 4) is 0 Å². The summed E-state index contributed by atoms with van der Waals surface area (Å²) in [4.78, 5) is 22.7. The molecule has 0 radical (unpaired) electrons. The quantitative estimate of drug-likeness (QED) is 0.724. The molecule has 0 saturated heterocycles. The second-order valence-electron chi connectivity index (χ2n) is 5.00. The highest BCUT2D eigenvalue weighted by atomic mass is 32.2. The molecule has 0 atom stereocenters. The molecule has 0 bridgehead atoms. The molecule has 2 aromatic rings. The standard InChI is InChI=1S/C17H17N5O3S.2H2/c1-18-12-16(19-2)26(24,25)15-5-3-14(4-6-15)22-17(23)21-11-13-7-9-20-10-8-13;;/h3-10,12H,1-2,11H2,(H2,21,22,23);2*1H/b16-12+;;. The summed E-state index contributed by atoms with van der Waals surface area (Å²) in [6.45, 7) is 6.77. The number of hydrogen-bond donors (Lipinski definition) is 2. The van der Waals surface area contributed by atoms with Crippen LogP contribution in [0.3, 0.4) is 0 Å². The van der Waals surface area contributed by atoms with Crippen molar-refractivity contribution in [3.63, 3.8) is 0 Å². The molecule has 26 heavy (non-hydrogen) atoms. The van der Waals surface area contributed by atoms with Crippen LogP contribution in [0.2, 0.25) is 0 Å². The number of sulfone groups is 1. The molecule has 0 spiro atoms. The number of carbonyl (C=O) groups is 1. The molecule has 138 valence electrons. The molecule has 0 unspecified atom stereocenters. The molecule has 1 aromatic carbocycles. The molecule has 8 nitrogen and oxygen atoms in total. The van der Waals surface area contributed by atoms with Gasteiger partial charge in [-0.15, -0.1) is 0 Å². The highest BCUT2D eigenvalue weighted by Gasteiger charge is 2.19. The Labute approximate surface area is 154 Å². The van der Waals surface area contributed by atoms with E-state index in [9.17, 15) is 13.2 Å². The monoisotopic (exact) mass is 375 g/mol. The van der Waals surface area contributed by atoms with Crippen LogP contribution in [-0.4, -0.2) is 32.9 Å². The Kier molecular flexibility index (Phi) is 6.34. The summed E-state index contributed by atoms with van der Waals surface area (Å²) < 4.78 is 24.7. The van der Waals surface area contributed by atoms with Crippen LogP contribution in [0.1, 0.15) is 8.42 Å². The van der Waals surface area contributed by atoms with Gasteiger partial charge in [0, 0.05) is 27.5 Å². The van der Waals surface area contributed by atoms with E-state index in [1.807, 2.05) is 0 Å². The second-order valence-corrected chi connectivity index (χ2v) is 6.90. The zero-order valence-electron chi connectivity index (χ0n) is 13.8. The van der Waals surface area contributed by atoms with Crippen LogP contribution in [-0.2, 0) is 16.4 Å². The third kappa shape index (κ3) is 4.84. The van der Waals surface area contributed by atoms with Gasteiger partial charge >= 0.3 is 6.03 Å². The van der Waals surface area contributed by atoms with Crippen LogP contribution in [0.25, 0.3) is 0 Å². The number of amides is 2. The van der Waals surface area contributed by atoms with Gasteiger partial charge in [-0.2, -0.15) is 0 Å². The van der Waals surface area contributed by atoms with Crippen molar-refractivity contribution in [2.24, 2.45) is 9.98 Å². The maximum absolute atomic E-state index is 12.4. The van der Waals surface area contributed by atoms with Crippen molar-refractivity contribution in [3.05, 3.63) is 65.6 Å². The number of carbonyl (C=O) groups excluding carboxylic acids is 1. The number of benzene rings is 1. The van der Waals surface area contributed by atoms with Crippen molar-refractivity contribution in [1.82, 2.24) is 10.3 Å². The zero-order valence-corrected chi connectivity index (χ0v) is 14.6. The van der Waals surface area contributed by atoms with E-state index in [4.69, 9.17) is 0 Å². The van der Waals surface area contributed by atoms with E-state index in [1.165, 1.54) is 24.3 Å². The molecule has 0 aliphatic heterocycles. The first-order valence-electron chi connectivity index (χ1n) is 7.39. The van der Waals surface area contributed by atoms with Crippen molar-refractivity contribution >= 4 is 35.0 Å². The van der Waals surface area contributed by atoms with E-state index in [0.29, 0.717) is 12.2 Å². The van der Waals surface area contributed by atoms with E-state index in [2.05, 4.69) is 39.0 Å². The number of aliphatic imine (C=N–C) groups is 2. The number of hydrogen-bond acceptors (Lipinski definition) is 6. The van der Waals surface area contributed by atoms with Crippen LogP contribution in [0.5, 0.6) is 0 Å². The molecule has 9 heteroatoms. The van der Waals surface area contributed by atoms with Gasteiger partial charge < -0.3 is 10.6 Å². The average molecular weight is 375 g/mol. The highest BCUT2D eigenvalue weighted by Crippen LogP contribution is 2.21. The minimum Gasteiger partial charge on any atom is -0.334 e. The van der Waals surface area contributed by atoms with Gasteiger partial charge in [-0.1, -0.05) is 0 Å². The number of nitrogens with one attached hydrogen (secondary N) is 2. The van der Waals surface area contributed by atoms with Crippen molar-refractivity contribution in [2.75, 3.05) is 5.32 Å². The lowest BCUT2D eigenvalue weighted by atomic mass is 10.3. The Morgan fingerprint density at radius 1 is 1.15 bits per heavy atom. The summed E-state index contributed by atoms with van der Waals surface area (Å²) in [5.74, 6) is 0. The van der Waals surface area contributed by atoms with Gasteiger partial charge in [0.1, 0.15) is 0 Å². The third-order valence-corrected chi connectivity index (χ3v) is 4.94. The Hall–Kier alpha value is -3.33. The van der Waals surface area contributed by atoms with E-state index in [0.717, 1.165) is 11.8 Å². The number of aromatic nitrogens is 1. The largest absolute Gasteiger partial charge is 0.334 e. The molecule has 1 aromatic heterocycles. The molecule has 0 aliphatic carbocycles. The number of anilines is 1. The first-order valence-corrected chi connectivity index (χ1v) is 8.87. The van der Waals surface area contributed by atoms with Crippen LogP contribution in [0.4, 0.5) is 10.5 Å². The predicted octanol–water partition coefficient (Wildman–Crippen LogP) is 2.87. The average Bonchev–Trinajstić information content (AvgIpc) is 2.65. The second kappa shape index (κ2) is 8.67. The molecular formula is C17H21N5O3S. The summed E-state index contributed by atoms with van der Waals surface area (Å²) >= 11 is 0. The lowest BCUT2D eigenvalue weighted by Crippen LogP contribution is -2.28. The predicted molar refractivity (Wildman–Crippen MR) is 105 cm³/mol. The minimum absolute atomic E-state index is 0. The summed E-state index contributed by atoms with van der Waals surface area (Å²) in [6, 6.07) is 8.82. The molecule has 0 fully saturated rings. The molecule has 2 N–H and O–H groups in total. The van der Waals surface area contributed by atoms with Gasteiger partial charge in [0.05, 0.1) is 11.1 Å². The first kappa shape index (κ1) is 19.0. The smallest absolute Gasteiger partial charge is 0.319 e. The summed E-state index contributed by atoms with van der Waals surface area (Å²) in [7, 11) is -3.84. The van der Waals surface area contributed by atoms with Gasteiger partial charge in [-0.25, -0.2) is 13.2 Å². The summed E-state index contributed by atoms with van der Waals surface area (Å²) in [6.07, 6.45) is 4.29. The lowest BCUT2D eigenvalue weighted by Gasteiger charge is -2.09. The van der Waals surface area contributed by atoms with Crippen molar-refractivity contribution in [1.29, 1.82) is 0 Å². The maximum Gasteiger partial charge on any atom is 0.319 e. The minimum atomic E-state index is -3.84. The van der Waals surface area contributed by atoms with Gasteiger partial charge in [0.25, 0.3) is 0 Å². The van der Waals surface area contributed by atoms with E-state index in [1.54, 1.807) is 24.5 Å². The summed E-state index contributed by atoms with van der Waals surface area (Å²) in [5, 5.41) is 5.01. The number of pyridine rings is 1. The third-order valence-electron chi connectivity index (χ3n) is 3.26. The molecule has 2 rings (SSSR count). The van der Waals surface area contributed by atoms with E-state index in [-0.39, 0.29) is 12.8 Å². The highest BCUT2D eigenvalue weighted by molar-refractivity contribution is 7.95. The fourth-order valence-electron chi connectivity index (χ4n) is 1.97. The van der Waals surface area contributed by atoms with Crippen LogP contribution < -0.4 is 10.6 Å². The van der Waals surface area contributed by atoms with E-state index < -0.39 is 15.9 Å². The summed E-state index contributed by atoms with van der Waals surface area (Å²) in [5.41, 5.74) is 1.35. The molecule has 1 heterocycles. The lowest BCUT2D eigenvalue weighted by molar-refractivity contribution is 0.251. The Morgan fingerprint density at radius 3 is 2.38 bits per heavy atom. The zero-order chi connectivity index (χ0) is 19.0. The van der Waals surface area contributed by atoms with Gasteiger partial charge in [0.15, 0.2) is 5.03 Å². The number of urea groups is 1. The fourth-order valence-corrected chi connectivity index (χ4v) is 3.09. The van der Waals surface area contributed by atoms with Crippen LogP contribution in [0.15, 0.2) is 74.9 Å². The Balaban J connectivity index is 0.00000364. The number of rotatable bonds is 7.